The minimum absolute atomic E-state index is 0.443. The number of hydrogen-bond donors (Lipinski definition) is 1. The first-order chi connectivity index (χ1) is 26.7. The van der Waals surface area contributed by atoms with Gasteiger partial charge in [0.1, 0.15) is 0 Å². The smallest absolute Gasteiger partial charge is 0.320 e. The van der Waals surface area contributed by atoms with Gasteiger partial charge in [-0.3, -0.25) is 0 Å². The summed E-state index contributed by atoms with van der Waals surface area (Å²) < 4.78 is 19.9. The van der Waals surface area contributed by atoms with Gasteiger partial charge in [-0.15, -0.1) is 0 Å². The zero-order valence-electron chi connectivity index (χ0n) is 37.4. The summed E-state index contributed by atoms with van der Waals surface area (Å²) in [5.74, 6) is 1.50. The quantitative estimate of drug-likeness (QED) is 0.0494. The van der Waals surface area contributed by atoms with Crippen LogP contribution in [0.1, 0.15) is 265 Å². The summed E-state index contributed by atoms with van der Waals surface area (Å²) >= 11 is 0. The van der Waals surface area contributed by atoms with Crippen molar-refractivity contribution in [2.75, 3.05) is 26.4 Å². The van der Waals surface area contributed by atoms with Crippen LogP contribution >= 0.6 is 0 Å². The molecule has 4 nitrogen and oxygen atoms in total. The lowest BCUT2D eigenvalue weighted by Crippen LogP contribution is -2.39. The van der Waals surface area contributed by atoms with E-state index >= 15 is 0 Å². The predicted octanol–water partition coefficient (Wildman–Crippen LogP) is 15.6. The molecule has 0 bridgehead atoms. The Kier molecular flexibility index (Phi) is 38.3. The second-order valence-corrected chi connectivity index (χ2v) is 19.2. The van der Waals surface area contributed by atoms with Gasteiger partial charge < -0.3 is 19.6 Å². The lowest BCUT2D eigenvalue weighted by atomic mass is 10.0. The van der Waals surface area contributed by atoms with Gasteiger partial charge in [-0.25, -0.2) is 0 Å². The van der Waals surface area contributed by atoms with E-state index in [4.69, 9.17) is 19.6 Å². The number of ether oxygens (including phenoxy) is 2. The Morgan fingerprint density at radius 1 is 0.407 bits per heavy atom. The summed E-state index contributed by atoms with van der Waals surface area (Å²) in [5, 5.41) is 2.49. The molecule has 0 aromatic rings. The Labute approximate surface area is 341 Å². The van der Waals surface area contributed by atoms with E-state index in [1.807, 2.05) is 0 Å². The summed E-state index contributed by atoms with van der Waals surface area (Å²) in [4.78, 5) is 0. The fraction of sp³-hybridized carbons (Fsp3) is 0.939. The first-order valence-electron chi connectivity index (χ1n) is 24.8. The molecule has 1 heterocycles. The molecule has 1 aliphatic rings. The van der Waals surface area contributed by atoms with Gasteiger partial charge in [0.25, 0.3) is 0 Å². The molecule has 0 aromatic carbocycles. The Bertz CT molecular complexity index is 858. The lowest BCUT2D eigenvalue weighted by Gasteiger charge is -2.31. The number of allylic oxidation sites excluding steroid dienone is 1. The fourth-order valence-corrected chi connectivity index (χ4v) is 10.2. The van der Waals surface area contributed by atoms with Gasteiger partial charge in [0, 0.05) is 5.20 Å². The van der Waals surface area contributed by atoms with Crippen LogP contribution in [0.4, 0.5) is 0 Å². The van der Waals surface area contributed by atoms with Gasteiger partial charge >= 0.3 is 8.65 Å². The molecule has 0 amide bonds. The third kappa shape index (κ3) is 29.4. The van der Waals surface area contributed by atoms with Crippen molar-refractivity contribution in [2.45, 2.75) is 265 Å². The maximum atomic E-state index is 6.72. The second kappa shape index (κ2) is 40.4. The van der Waals surface area contributed by atoms with E-state index in [0.29, 0.717) is 12.5 Å². The van der Waals surface area contributed by atoms with Crippen LogP contribution < -0.4 is 5.73 Å². The van der Waals surface area contributed by atoms with E-state index in [0.717, 1.165) is 56.6 Å². The van der Waals surface area contributed by atoms with Gasteiger partial charge in [0.15, 0.2) is 11.1 Å². The molecule has 320 valence electrons. The van der Waals surface area contributed by atoms with Crippen molar-refractivity contribution in [1.29, 1.82) is 0 Å². The van der Waals surface area contributed by atoms with E-state index in [1.165, 1.54) is 217 Å². The summed E-state index contributed by atoms with van der Waals surface area (Å²) in [6.07, 6.45) is 50.2. The Hall–Kier alpha value is -0.813. The first-order valence-corrected chi connectivity index (χ1v) is 26.2. The van der Waals surface area contributed by atoms with E-state index in [-0.39, 0.29) is 0 Å². The van der Waals surface area contributed by atoms with Crippen LogP contribution in [0.2, 0.25) is 0 Å². The van der Waals surface area contributed by atoms with E-state index in [1.54, 1.807) is 0 Å². The molecule has 1 atom stereocenters. The number of unbranched alkanes of at least 4 members (excludes halogenated alkanes) is 33. The molecule has 1 aliphatic heterocycles. The van der Waals surface area contributed by atoms with Gasteiger partial charge in [-0.1, -0.05) is 240 Å². The average Bonchev–Trinajstić information content (AvgIpc) is 3.18. The number of nitrogens with two attached hydrogens (primary N) is 1. The van der Waals surface area contributed by atoms with Gasteiger partial charge in [-0.2, -0.15) is 0 Å². The molecule has 0 aliphatic carbocycles. The molecule has 5 heteroatoms. The zero-order valence-corrected chi connectivity index (χ0v) is 38.4. The van der Waals surface area contributed by atoms with Crippen LogP contribution in [-0.4, -0.2) is 40.4 Å². The van der Waals surface area contributed by atoms with Gasteiger partial charge in [-0.05, 0) is 38.1 Å². The monoisotopic (exact) mass is 776 g/mol. The van der Waals surface area contributed by atoms with Crippen LogP contribution in [0.5, 0.6) is 0 Å². The minimum atomic E-state index is -1.28. The standard InChI is InChI=1S/C49H97NO3Si/c1-5-8-11-14-17-20-23-25-26-28-31-34-37-40-43-53-54-47(44-46(4)45-50)48(51-41-38-35-32-29-22-19-16-13-10-7-3)49(54)52-42-39-36-33-30-27-24-21-18-15-12-9-6-2/h46H,5-45,50H2,1-4H3. The van der Waals surface area contributed by atoms with Crippen molar-refractivity contribution in [3.63, 3.8) is 0 Å². The third-order valence-corrected chi connectivity index (χ3v) is 13.9. The highest BCUT2D eigenvalue weighted by Gasteiger charge is 2.37. The number of rotatable bonds is 45. The minimum Gasteiger partial charge on any atom is -0.545 e. The fourth-order valence-electron chi connectivity index (χ4n) is 7.82. The van der Waals surface area contributed by atoms with E-state index in [2.05, 4.69) is 27.7 Å². The summed E-state index contributed by atoms with van der Waals surface area (Å²) in [6, 6.07) is 0. The Morgan fingerprint density at radius 3 is 1.04 bits per heavy atom. The first kappa shape index (κ1) is 51.2. The highest BCUT2D eigenvalue weighted by molar-refractivity contribution is 6.79. The van der Waals surface area contributed by atoms with Crippen molar-refractivity contribution in [3.05, 3.63) is 11.0 Å². The molecular weight excluding hydrogens is 679 g/mol. The summed E-state index contributed by atoms with van der Waals surface area (Å²) in [7, 11) is -1.28. The van der Waals surface area contributed by atoms with Crippen molar-refractivity contribution in [2.24, 2.45) is 11.7 Å². The van der Waals surface area contributed by atoms with Crippen molar-refractivity contribution in [3.8, 4) is 0 Å². The van der Waals surface area contributed by atoms with Crippen LogP contribution in [0.25, 0.3) is 0 Å². The highest BCUT2D eigenvalue weighted by atomic mass is 28.3. The number of hydrogen-bond acceptors (Lipinski definition) is 4. The summed E-state index contributed by atoms with van der Waals surface area (Å²) in [6.45, 7) is 12.3. The van der Waals surface area contributed by atoms with Crippen molar-refractivity contribution in [1.82, 2.24) is 0 Å². The Morgan fingerprint density at radius 2 is 0.704 bits per heavy atom. The van der Waals surface area contributed by atoms with Crippen molar-refractivity contribution >= 4 is 14.0 Å². The van der Waals surface area contributed by atoms with Crippen LogP contribution in [-0.2, 0) is 13.9 Å². The van der Waals surface area contributed by atoms with Gasteiger partial charge in [0.2, 0.25) is 0 Å². The lowest BCUT2D eigenvalue weighted by molar-refractivity contribution is 0.191. The van der Waals surface area contributed by atoms with E-state index in [9.17, 15) is 0 Å². The van der Waals surface area contributed by atoms with Crippen LogP contribution in [0.3, 0.4) is 0 Å². The zero-order chi connectivity index (χ0) is 39.0. The van der Waals surface area contributed by atoms with Crippen LogP contribution in [0, 0.1) is 5.92 Å². The molecular formula is C49H97NO3Si. The normalized spacial score (nSPS) is 13.5. The molecule has 0 fully saturated rings. The molecule has 0 spiro atoms. The second-order valence-electron chi connectivity index (χ2n) is 17.2. The maximum absolute atomic E-state index is 6.72. The maximum Gasteiger partial charge on any atom is 0.320 e. The molecule has 1 unspecified atom stereocenters. The van der Waals surface area contributed by atoms with Gasteiger partial charge in [0.05, 0.1) is 19.8 Å². The summed E-state index contributed by atoms with van der Waals surface area (Å²) in [5.41, 5.74) is 6.13. The molecule has 0 saturated carbocycles. The molecule has 54 heavy (non-hydrogen) atoms. The molecule has 0 radical (unpaired) electrons. The highest BCUT2D eigenvalue weighted by Crippen LogP contribution is 2.28. The average molecular weight is 776 g/mol. The molecule has 2 N–H and O–H groups in total. The SMILES string of the molecule is CCCCCCCCCCCCCCCCO[Si]1=C(OCCCCCCCCCCCCCC)C(OCCCCCCCCCCCC)=C1CC(C)CN. The third-order valence-electron chi connectivity index (χ3n) is 11.6. The van der Waals surface area contributed by atoms with Crippen molar-refractivity contribution < 1.29 is 13.9 Å². The molecule has 0 aromatic heterocycles. The molecule has 0 saturated heterocycles. The topological polar surface area (TPSA) is 53.7 Å². The molecule has 1 rings (SSSR count). The van der Waals surface area contributed by atoms with E-state index < -0.39 is 8.65 Å². The predicted molar refractivity (Wildman–Crippen MR) is 242 cm³/mol. The Balaban J connectivity index is 2.48. The van der Waals surface area contributed by atoms with Crippen LogP contribution in [0.15, 0.2) is 11.0 Å². The largest absolute Gasteiger partial charge is 0.545 e.